The molecule has 0 aromatic rings. The van der Waals surface area contributed by atoms with Crippen molar-refractivity contribution >= 4 is 16.0 Å². The van der Waals surface area contributed by atoms with E-state index in [-0.39, 0.29) is 6.42 Å². The van der Waals surface area contributed by atoms with Gasteiger partial charge in [-0.2, -0.15) is 8.42 Å². The topological polar surface area (TPSA) is 51.2 Å². The van der Waals surface area contributed by atoms with Gasteiger partial charge in [0, 0.05) is 6.42 Å². The van der Waals surface area contributed by atoms with Gasteiger partial charge in [-0.15, -0.1) is 3.89 Å². The Hall–Kier alpha value is -0.450. The number of halogens is 1. The Balaban J connectivity index is 2.30. The van der Waals surface area contributed by atoms with Gasteiger partial charge < -0.3 is 0 Å². The molecule has 0 radical (unpaired) electrons. The number of Topliss-reactive ketones (excluding diaryl/α,β-unsaturated/α-hetero) is 1. The number of rotatable bonds is 4. The van der Waals surface area contributed by atoms with Crippen LogP contribution in [0.25, 0.3) is 0 Å². The molecule has 0 spiro atoms. The number of carbonyl (C=O) groups excluding carboxylic acids is 1. The molecular weight excluding hydrogens is 171 g/mol. The third kappa shape index (κ3) is 4.08. The maximum Gasteiger partial charge on any atom is 0.309 e. The lowest BCUT2D eigenvalue weighted by Crippen LogP contribution is -2.11. The summed E-state index contributed by atoms with van der Waals surface area (Å²) >= 11 is 0. The fourth-order valence-corrected chi connectivity index (χ4v) is 1.40. The number of hydrogen-bond donors (Lipinski definition) is 0. The number of hydrogen-bond acceptors (Lipinski definition) is 3. The summed E-state index contributed by atoms with van der Waals surface area (Å²) in [5, 5.41) is 0. The maximum atomic E-state index is 11.9. The molecule has 0 saturated heterocycles. The molecule has 0 aromatic carbocycles. The van der Waals surface area contributed by atoms with Gasteiger partial charge in [0.1, 0.15) is 5.75 Å². The van der Waals surface area contributed by atoms with Crippen LogP contribution in [0.4, 0.5) is 3.89 Å². The van der Waals surface area contributed by atoms with Crippen molar-refractivity contribution in [2.45, 2.75) is 19.3 Å². The Morgan fingerprint density at radius 3 is 2.36 bits per heavy atom. The molecule has 0 atom stereocenters. The zero-order valence-electron chi connectivity index (χ0n) is 5.92. The van der Waals surface area contributed by atoms with Gasteiger partial charge in [0.25, 0.3) is 0 Å². The fourth-order valence-electron chi connectivity index (χ4n) is 0.895. The normalized spacial score (nSPS) is 18.3. The summed E-state index contributed by atoms with van der Waals surface area (Å²) in [5.74, 6) is -1.12. The van der Waals surface area contributed by atoms with Gasteiger partial charge >= 0.3 is 10.2 Å². The highest BCUT2D eigenvalue weighted by atomic mass is 32.3. The lowest BCUT2D eigenvalue weighted by atomic mass is 10.2. The lowest BCUT2D eigenvalue weighted by molar-refractivity contribution is -0.117. The van der Waals surface area contributed by atoms with E-state index in [1.807, 2.05) is 0 Å². The first-order chi connectivity index (χ1) is 4.97. The van der Waals surface area contributed by atoms with E-state index in [1.165, 1.54) is 0 Å². The highest BCUT2D eigenvalue weighted by Crippen LogP contribution is 2.32. The van der Waals surface area contributed by atoms with E-state index in [0.29, 0.717) is 5.92 Å². The molecule has 64 valence electrons. The predicted molar refractivity (Wildman–Crippen MR) is 37.2 cm³/mol. The molecule has 0 aromatic heterocycles. The molecule has 1 fully saturated rings. The molecule has 0 amide bonds. The van der Waals surface area contributed by atoms with E-state index in [9.17, 15) is 17.1 Å². The lowest BCUT2D eigenvalue weighted by Gasteiger charge is -1.92. The minimum absolute atomic E-state index is 0.225. The summed E-state index contributed by atoms with van der Waals surface area (Å²) in [6, 6.07) is 0. The molecule has 1 rings (SSSR count). The molecule has 0 heterocycles. The van der Waals surface area contributed by atoms with Crippen molar-refractivity contribution in [1.82, 2.24) is 0 Å². The average molecular weight is 180 g/mol. The first-order valence-corrected chi connectivity index (χ1v) is 4.96. The predicted octanol–water partition coefficient (Wildman–Crippen LogP) is 0.655. The van der Waals surface area contributed by atoms with Crippen LogP contribution in [0.15, 0.2) is 0 Å². The molecule has 1 aliphatic carbocycles. The van der Waals surface area contributed by atoms with Gasteiger partial charge in [0.2, 0.25) is 0 Å². The van der Waals surface area contributed by atoms with Crippen molar-refractivity contribution < 1.29 is 17.1 Å². The van der Waals surface area contributed by atoms with Crippen LogP contribution < -0.4 is 0 Å². The molecule has 0 aliphatic heterocycles. The zero-order valence-corrected chi connectivity index (χ0v) is 6.73. The fraction of sp³-hybridized carbons (Fsp3) is 0.833. The molecular formula is C6H9FO3S. The summed E-state index contributed by atoms with van der Waals surface area (Å²) in [5.41, 5.74) is 0. The largest absolute Gasteiger partial charge is 0.309 e. The first-order valence-electron chi connectivity index (χ1n) is 3.41. The third-order valence-corrected chi connectivity index (χ3v) is 2.21. The Morgan fingerprint density at radius 1 is 1.45 bits per heavy atom. The standard InChI is InChI=1S/C6H9FO3S/c7-11(9,10)4-6(8)3-5-1-2-5/h5H,1-4H2. The molecule has 0 bridgehead atoms. The second-order valence-electron chi connectivity index (χ2n) is 2.87. The smallest absolute Gasteiger partial charge is 0.298 e. The van der Waals surface area contributed by atoms with E-state index < -0.39 is 21.8 Å². The third-order valence-electron chi connectivity index (χ3n) is 1.55. The Morgan fingerprint density at radius 2 is 2.00 bits per heavy atom. The van der Waals surface area contributed by atoms with Gasteiger partial charge in [-0.3, -0.25) is 4.79 Å². The van der Waals surface area contributed by atoms with Gasteiger partial charge in [-0.25, -0.2) is 0 Å². The van der Waals surface area contributed by atoms with Crippen molar-refractivity contribution in [2.24, 2.45) is 5.92 Å². The number of ketones is 1. The van der Waals surface area contributed by atoms with Crippen LogP contribution in [0.1, 0.15) is 19.3 Å². The molecule has 0 N–H and O–H groups in total. The highest BCUT2D eigenvalue weighted by Gasteiger charge is 2.26. The van der Waals surface area contributed by atoms with Crippen LogP contribution in [0.2, 0.25) is 0 Å². The highest BCUT2D eigenvalue weighted by molar-refractivity contribution is 7.87. The molecule has 1 aliphatic rings. The summed E-state index contributed by atoms with van der Waals surface area (Å²) < 4.78 is 31.8. The molecule has 0 unspecified atom stereocenters. The summed E-state index contributed by atoms with van der Waals surface area (Å²) in [4.78, 5) is 10.7. The second-order valence-corrected chi connectivity index (χ2v) is 4.24. The maximum absolute atomic E-state index is 11.9. The minimum Gasteiger partial charge on any atom is -0.298 e. The van der Waals surface area contributed by atoms with Crippen LogP contribution in [-0.2, 0) is 15.0 Å². The van der Waals surface area contributed by atoms with E-state index in [0.717, 1.165) is 12.8 Å². The Bertz CT molecular complexity index is 253. The van der Waals surface area contributed by atoms with Crippen molar-refractivity contribution in [3.05, 3.63) is 0 Å². The van der Waals surface area contributed by atoms with E-state index >= 15 is 0 Å². The van der Waals surface area contributed by atoms with E-state index in [4.69, 9.17) is 0 Å². The van der Waals surface area contributed by atoms with Crippen LogP contribution >= 0.6 is 0 Å². The van der Waals surface area contributed by atoms with Crippen LogP contribution in [-0.4, -0.2) is 20.0 Å². The molecule has 1 saturated carbocycles. The van der Waals surface area contributed by atoms with Crippen LogP contribution in [0, 0.1) is 5.92 Å². The quantitative estimate of drug-likeness (QED) is 0.597. The van der Waals surface area contributed by atoms with E-state index in [1.54, 1.807) is 0 Å². The summed E-state index contributed by atoms with van der Waals surface area (Å²) in [6.45, 7) is 0. The van der Waals surface area contributed by atoms with Gasteiger partial charge in [0.15, 0.2) is 5.78 Å². The SMILES string of the molecule is O=C(CC1CC1)CS(=O)(=O)F. The van der Waals surface area contributed by atoms with E-state index in [2.05, 4.69) is 0 Å². The summed E-state index contributed by atoms with van der Waals surface area (Å²) in [7, 11) is -4.59. The van der Waals surface area contributed by atoms with Gasteiger partial charge in [-0.1, -0.05) is 0 Å². The van der Waals surface area contributed by atoms with Gasteiger partial charge in [-0.05, 0) is 18.8 Å². The average Bonchev–Trinajstić information content (AvgIpc) is 2.42. The van der Waals surface area contributed by atoms with Crippen molar-refractivity contribution in [3.8, 4) is 0 Å². The zero-order chi connectivity index (χ0) is 8.48. The minimum atomic E-state index is -4.59. The van der Waals surface area contributed by atoms with Crippen molar-refractivity contribution in [1.29, 1.82) is 0 Å². The van der Waals surface area contributed by atoms with Crippen LogP contribution in [0.3, 0.4) is 0 Å². The summed E-state index contributed by atoms with van der Waals surface area (Å²) in [6.07, 6.45) is 2.17. The molecule has 5 heteroatoms. The molecule has 3 nitrogen and oxygen atoms in total. The monoisotopic (exact) mass is 180 g/mol. The molecule has 11 heavy (non-hydrogen) atoms. The van der Waals surface area contributed by atoms with Crippen LogP contribution in [0.5, 0.6) is 0 Å². The van der Waals surface area contributed by atoms with Crippen molar-refractivity contribution in [2.75, 3.05) is 5.75 Å². The first kappa shape index (κ1) is 8.64. The number of carbonyl (C=O) groups is 1. The van der Waals surface area contributed by atoms with Crippen molar-refractivity contribution in [3.63, 3.8) is 0 Å². The Labute approximate surface area is 64.8 Å². The Kier molecular flexibility index (Phi) is 2.27. The van der Waals surface area contributed by atoms with Gasteiger partial charge in [0.05, 0.1) is 0 Å². The second kappa shape index (κ2) is 2.89.